The van der Waals surface area contributed by atoms with Gasteiger partial charge < -0.3 is 5.73 Å². The molecule has 0 aliphatic rings. The molecule has 1 aromatic rings. The van der Waals surface area contributed by atoms with Crippen molar-refractivity contribution < 1.29 is 0 Å². The van der Waals surface area contributed by atoms with Crippen LogP contribution in [-0.4, -0.2) is 0 Å². The van der Waals surface area contributed by atoms with Crippen LogP contribution in [0.5, 0.6) is 0 Å². The highest BCUT2D eigenvalue weighted by Crippen LogP contribution is 2.30. The first-order valence-corrected chi connectivity index (χ1v) is 6.32. The molecule has 0 aliphatic carbocycles. The van der Waals surface area contributed by atoms with Crippen LogP contribution in [-0.2, 0) is 0 Å². The van der Waals surface area contributed by atoms with Crippen molar-refractivity contribution in [2.75, 3.05) is 0 Å². The van der Waals surface area contributed by atoms with E-state index in [4.69, 9.17) is 5.73 Å². The van der Waals surface area contributed by atoms with E-state index in [0.717, 1.165) is 4.47 Å². The highest BCUT2D eigenvalue weighted by Gasteiger charge is 2.15. The summed E-state index contributed by atoms with van der Waals surface area (Å²) in [6, 6.07) is 2.33. The van der Waals surface area contributed by atoms with E-state index >= 15 is 0 Å². The van der Waals surface area contributed by atoms with E-state index in [0.29, 0.717) is 5.92 Å². The maximum absolute atomic E-state index is 6.13. The number of nitrogens with two attached hydrogens (primary N) is 1. The van der Waals surface area contributed by atoms with Gasteiger partial charge in [-0.25, -0.2) is 0 Å². The maximum Gasteiger partial charge on any atom is 0.0416 e. The van der Waals surface area contributed by atoms with Gasteiger partial charge in [0.1, 0.15) is 0 Å². The molecule has 2 unspecified atom stereocenters. The zero-order valence-corrected chi connectivity index (χ0v) is 10.5. The summed E-state index contributed by atoms with van der Waals surface area (Å²) in [4.78, 5) is 1.29. The second-order valence-corrected chi connectivity index (χ2v) is 5.32. The molecule has 74 valence electrons. The van der Waals surface area contributed by atoms with Crippen LogP contribution in [0.4, 0.5) is 0 Å². The van der Waals surface area contributed by atoms with Crippen molar-refractivity contribution in [3.63, 3.8) is 0 Å². The summed E-state index contributed by atoms with van der Waals surface area (Å²) in [7, 11) is 0. The molecule has 1 nitrogen and oxygen atoms in total. The van der Waals surface area contributed by atoms with Crippen LogP contribution in [0.15, 0.2) is 15.9 Å². The van der Waals surface area contributed by atoms with E-state index < -0.39 is 0 Å². The van der Waals surface area contributed by atoms with E-state index in [-0.39, 0.29) is 6.04 Å². The van der Waals surface area contributed by atoms with Gasteiger partial charge in [0.25, 0.3) is 0 Å². The summed E-state index contributed by atoms with van der Waals surface area (Å²) < 4.78 is 1.15. The molecule has 3 heteroatoms. The minimum absolute atomic E-state index is 0.205. The van der Waals surface area contributed by atoms with Crippen molar-refractivity contribution >= 4 is 27.3 Å². The fraction of sp³-hybridized carbons (Fsp3) is 0.600. The third kappa shape index (κ3) is 3.08. The van der Waals surface area contributed by atoms with Gasteiger partial charge in [0.15, 0.2) is 0 Å². The van der Waals surface area contributed by atoms with E-state index in [2.05, 4.69) is 41.2 Å². The van der Waals surface area contributed by atoms with Gasteiger partial charge in [0.2, 0.25) is 0 Å². The number of thiophene rings is 1. The monoisotopic (exact) mass is 261 g/mol. The predicted molar refractivity (Wildman–Crippen MR) is 63.0 cm³/mol. The van der Waals surface area contributed by atoms with Gasteiger partial charge in [-0.2, -0.15) is 0 Å². The lowest BCUT2D eigenvalue weighted by Gasteiger charge is -2.17. The van der Waals surface area contributed by atoms with Gasteiger partial charge in [-0.3, -0.25) is 0 Å². The Bertz CT molecular complexity index is 259. The summed E-state index contributed by atoms with van der Waals surface area (Å²) >= 11 is 5.18. The van der Waals surface area contributed by atoms with Gasteiger partial charge in [-0.1, -0.05) is 20.3 Å². The fourth-order valence-electron chi connectivity index (χ4n) is 1.42. The molecule has 0 amide bonds. The van der Waals surface area contributed by atoms with Crippen LogP contribution in [0.25, 0.3) is 0 Å². The number of halogens is 1. The Kier molecular flexibility index (Phi) is 4.42. The van der Waals surface area contributed by atoms with E-state index in [1.54, 1.807) is 11.3 Å². The largest absolute Gasteiger partial charge is 0.323 e. The van der Waals surface area contributed by atoms with Crippen molar-refractivity contribution in [2.24, 2.45) is 11.7 Å². The van der Waals surface area contributed by atoms with E-state index in [9.17, 15) is 0 Å². The normalized spacial score (nSPS) is 15.7. The van der Waals surface area contributed by atoms with E-state index in [1.165, 1.54) is 17.7 Å². The van der Waals surface area contributed by atoms with Crippen molar-refractivity contribution in [3.05, 3.63) is 20.8 Å². The maximum atomic E-state index is 6.13. The first-order valence-electron chi connectivity index (χ1n) is 4.64. The lowest BCUT2D eigenvalue weighted by molar-refractivity contribution is 0.438. The fourth-order valence-corrected chi connectivity index (χ4v) is 3.00. The molecule has 0 aromatic carbocycles. The summed E-state index contributed by atoms with van der Waals surface area (Å²) in [6.07, 6.45) is 2.41. The van der Waals surface area contributed by atoms with Crippen molar-refractivity contribution in [1.29, 1.82) is 0 Å². The molecule has 0 spiro atoms. The summed E-state index contributed by atoms with van der Waals surface area (Å²) in [5.41, 5.74) is 6.13. The number of hydrogen-bond donors (Lipinski definition) is 1. The average molecular weight is 262 g/mol. The van der Waals surface area contributed by atoms with Crippen LogP contribution in [0, 0.1) is 5.92 Å². The van der Waals surface area contributed by atoms with Gasteiger partial charge in [-0.05, 0) is 34.3 Å². The molecule has 13 heavy (non-hydrogen) atoms. The molecule has 0 bridgehead atoms. The SMILES string of the molecule is CCCC(C)C(N)c1cc(Br)cs1. The third-order valence-corrected chi connectivity index (χ3v) is 4.07. The van der Waals surface area contributed by atoms with Gasteiger partial charge in [0.05, 0.1) is 0 Å². The van der Waals surface area contributed by atoms with Crippen molar-refractivity contribution in [3.8, 4) is 0 Å². The second-order valence-electron chi connectivity index (χ2n) is 3.46. The van der Waals surface area contributed by atoms with Gasteiger partial charge >= 0.3 is 0 Å². The molecule has 1 rings (SSSR count). The molecular weight excluding hydrogens is 246 g/mol. The first-order chi connectivity index (χ1) is 6.15. The minimum atomic E-state index is 0.205. The zero-order valence-electron chi connectivity index (χ0n) is 8.09. The van der Waals surface area contributed by atoms with Crippen molar-refractivity contribution in [2.45, 2.75) is 32.7 Å². The molecule has 2 atom stereocenters. The van der Waals surface area contributed by atoms with Crippen LogP contribution in [0.3, 0.4) is 0 Å². The highest BCUT2D eigenvalue weighted by atomic mass is 79.9. The molecule has 0 saturated carbocycles. The molecule has 2 N–H and O–H groups in total. The predicted octanol–water partition coefficient (Wildman–Crippen LogP) is 3.95. The standard InChI is InChI=1S/C10H16BrNS/c1-3-4-7(2)10(12)9-5-8(11)6-13-9/h5-7,10H,3-4,12H2,1-2H3. The zero-order chi connectivity index (χ0) is 9.84. The Morgan fingerprint density at radius 2 is 2.31 bits per heavy atom. The lowest BCUT2D eigenvalue weighted by atomic mass is 9.97. The topological polar surface area (TPSA) is 26.0 Å². The molecule has 0 fully saturated rings. The van der Waals surface area contributed by atoms with Crippen LogP contribution in [0.1, 0.15) is 37.6 Å². The second kappa shape index (κ2) is 5.13. The minimum Gasteiger partial charge on any atom is -0.323 e. The summed E-state index contributed by atoms with van der Waals surface area (Å²) in [5, 5.41) is 2.09. The third-order valence-electron chi connectivity index (χ3n) is 2.27. The van der Waals surface area contributed by atoms with Crippen LogP contribution in [0.2, 0.25) is 0 Å². The molecular formula is C10H16BrNS. The van der Waals surface area contributed by atoms with Gasteiger partial charge in [0, 0.05) is 20.8 Å². The Labute approximate surface area is 92.5 Å². The molecule has 0 aliphatic heterocycles. The quantitative estimate of drug-likeness (QED) is 0.873. The Balaban J connectivity index is 2.61. The number of rotatable bonds is 4. The molecule has 0 saturated heterocycles. The van der Waals surface area contributed by atoms with Crippen LogP contribution >= 0.6 is 27.3 Å². The Hall–Kier alpha value is 0.140. The Morgan fingerprint density at radius 3 is 2.77 bits per heavy atom. The summed E-state index contributed by atoms with van der Waals surface area (Å²) in [6.45, 7) is 4.43. The first kappa shape index (κ1) is 11.2. The van der Waals surface area contributed by atoms with Crippen molar-refractivity contribution in [1.82, 2.24) is 0 Å². The Morgan fingerprint density at radius 1 is 1.62 bits per heavy atom. The summed E-state index contributed by atoms with van der Waals surface area (Å²) in [5.74, 6) is 0.579. The molecule has 1 heterocycles. The smallest absolute Gasteiger partial charge is 0.0416 e. The van der Waals surface area contributed by atoms with E-state index in [1.807, 2.05) is 0 Å². The highest BCUT2D eigenvalue weighted by molar-refractivity contribution is 9.10. The van der Waals surface area contributed by atoms with Gasteiger partial charge in [-0.15, -0.1) is 11.3 Å². The lowest BCUT2D eigenvalue weighted by Crippen LogP contribution is -2.17. The average Bonchev–Trinajstić information content (AvgIpc) is 2.51. The van der Waals surface area contributed by atoms with Crippen LogP contribution < -0.4 is 5.73 Å². The number of hydrogen-bond acceptors (Lipinski definition) is 2. The molecule has 0 radical (unpaired) electrons. The molecule has 1 aromatic heterocycles.